The third kappa shape index (κ3) is 3.31. The standard InChI is InChI=1S/C22H17FN2O2/c1-2-26-19-6-4-3-5-18(19)22-20(15-7-9-17(23)10-8-15)21(25-27-22)16-11-13-24-14-12-16/h3-14H,2H2,1H3. The maximum atomic E-state index is 13.5. The molecule has 0 saturated carbocycles. The van der Waals surface area contributed by atoms with E-state index in [2.05, 4.69) is 10.1 Å². The second kappa shape index (κ2) is 7.41. The molecule has 4 rings (SSSR count). The van der Waals surface area contributed by atoms with Gasteiger partial charge in [-0.1, -0.05) is 29.4 Å². The van der Waals surface area contributed by atoms with Gasteiger partial charge in [0.05, 0.1) is 17.7 Å². The zero-order valence-electron chi connectivity index (χ0n) is 14.7. The molecule has 0 radical (unpaired) electrons. The average molecular weight is 360 g/mol. The molecule has 0 N–H and O–H groups in total. The summed E-state index contributed by atoms with van der Waals surface area (Å²) in [5, 5.41) is 4.31. The van der Waals surface area contributed by atoms with Gasteiger partial charge in [-0.05, 0) is 48.9 Å². The van der Waals surface area contributed by atoms with E-state index in [9.17, 15) is 4.39 Å². The molecule has 2 heterocycles. The molecule has 5 heteroatoms. The van der Waals surface area contributed by atoms with Crippen LogP contribution in [0.25, 0.3) is 33.7 Å². The Labute approximate surface area is 156 Å². The summed E-state index contributed by atoms with van der Waals surface area (Å²) in [5.41, 5.74) is 3.93. The summed E-state index contributed by atoms with van der Waals surface area (Å²) < 4.78 is 25.0. The van der Waals surface area contributed by atoms with Gasteiger partial charge in [-0.3, -0.25) is 4.98 Å². The molecule has 4 nitrogen and oxygen atoms in total. The Kier molecular flexibility index (Phi) is 4.66. The van der Waals surface area contributed by atoms with E-state index in [0.717, 1.165) is 22.3 Å². The van der Waals surface area contributed by atoms with Gasteiger partial charge in [0, 0.05) is 18.0 Å². The summed E-state index contributed by atoms with van der Waals surface area (Å²) in [4.78, 5) is 4.06. The summed E-state index contributed by atoms with van der Waals surface area (Å²) >= 11 is 0. The number of benzene rings is 2. The van der Waals surface area contributed by atoms with E-state index in [1.54, 1.807) is 24.5 Å². The highest BCUT2D eigenvalue weighted by Crippen LogP contribution is 2.42. The van der Waals surface area contributed by atoms with Crippen LogP contribution in [-0.4, -0.2) is 16.7 Å². The molecule has 2 aromatic carbocycles. The summed E-state index contributed by atoms with van der Waals surface area (Å²) in [5.74, 6) is 0.996. The number of pyridine rings is 1. The van der Waals surface area contributed by atoms with Gasteiger partial charge in [0.15, 0.2) is 5.76 Å². The number of ether oxygens (including phenoxy) is 1. The zero-order chi connectivity index (χ0) is 18.6. The summed E-state index contributed by atoms with van der Waals surface area (Å²) in [6.07, 6.45) is 3.40. The molecule has 0 unspecified atom stereocenters. The fraction of sp³-hybridized carbons (Fsp3) is 0.0909. The van der Waals surface area contributed by atoms with Crippen molar-refractivity contribution in [3.05, 3.63) is 78.9 Å². The highest BCUT2D eigenvalue weighted by Gasteiger charge is 2.23. The molecule has 0 atom stereocenters. The van der Waals surface area contributed by atoms with Crippen molar-refractivity contribution < 1.29 is 13.7 Å². The minimum Gasteiger partial charge on any atom is -0.493 e. The lowest BCUT2D eigenvalue weighted by molar-refractivity contribution is 0.339. The fourth-order valence-electron chi connectivity index (χ4n) is 3.00. The second-order valence-corrected chi connectivity index (χ2v) is 5.91. The molecule has 0 saturated heterocycles. The van der Waals surface area contributed by atoms with Gasteiger partial charge in [0.2, 0.25) is 0 Å². The minimum atomic E-state index is -0.295. The molecule has 0 aliphatic carbocycles. The van der Waals surface area contributed by atoms with Crippen molar-refractivity contribution in [1.82, 2.24) is 10.1 Å². The van der Waals surface area contributed by atoms with Crippen molar-refractivity contribution >= 4 is 0 Å². The number of nitrogens with zero attached hydrogens (tertiary/aromatic N) is 2. The van der Waals surface area contributed by atoms with Crippen LogP contribution in [0.2, 0.25) is 0 Å². The largest absolute Gasteiger partial charge is 0.493 e. The zero-order valence-corrected chi connectivity index (χ0v) is 14.7. The van der Waals surface area contributed by atoms with Gasteiger partial charge in [0.1, 0.15) is 17.3 Å². The monoisotopic (exact) mass is 360 g/mol. The quantitative estimate of drug-likeness (QED) is 0.464. The number of rotatable bonds is 5. The smallest absolute Gasteiger partial charge is 0.179 e. The third-order valence-electron chi connectivity index (χ3n) is 4.21. The van der Waals surface area contributed by atoms with Crippen molar-refractivity contribution in [3.8, 4) is 39.5 Å². The number of aromatic nitrogens is 2. The van der Waals surface area contributed by atoms with Crippen LogP contribution in [0.4, 0.5) is 4.39 Å². The van der Waals surface area contributed by atoms with Crippen molar-refractivity contribution in [3.63, 3.8) is 0 Å². The summed E-state index contributed by atoms with van der Waals surface area (Å²) in [7, 11) is 0. The summed E-state index contributed by atoms with van der Waals surface area (Å²) in [6.45, 7) is 2.47. The predicted octanol–water partition coefficient (Wildman–Crippen LogP) is 5.61. The van der Waals surface area contributed by atoms with Crippen LogP contribution in [0.1, 0.15) is 6.92 Å². The number of hydrogen-bond acceptors (Lipinski definition) is 4. The molecule has 0 bridgehead atoms. The molecule has 4 aromatic rings. The first-order valence-electron chi connectivity index (χ1n) is 8.66. The number of para-hydroxylation sites is 1. The van der Waals surface area contributed by atoms with E-state index in [1.165, 1.54) is 12.1 Å². The maximum Gasteiger partial charge on any atom is 0.179 e. The second-order valence-electron chi connectivity index (χ2n) is 5.91. The molecule has 0 fully saturated rings. The van der Waals surface area contributed by atoms with Crippen molar-refractivity contribution in [2.75, 3.05) is 6.61 Å². The molecular formula is C22H17FN2O2. The van der Waals surface area contributed by atoms with Crippen LogP contribution in [0, 0.1) is 5.82 Å². The predicted molar refractivity (Wildman–Crippen MR) is 102 cm³/mol. The lowest BCUT2D eigenvalue weighted by Gasteiger charge is -2.10. The first-order chi connectivity index (χ1) is 13.3. The number of hydrogen-bond donors (Lipinski definition) is 0. The van der Waals surface area contributed by atoms with E-state index in [0.29, 0.717) is 23.8 Å². The van der Waals surface area contributed by atoms with Crippen molar-refractivity contribution in [1.29, 1.82) is 0 Å². The molecule has 134 valence electrons. The fourth-order valence-corrected chi connectivity index (χ4v) is 3.00. The van der Waals surface area contributed by atoms with Gasteiger partial charge >= 0.3 is 0 Å². The minimum absolute atomic E-state index is 0.295. The topological polar surface area (TPSA) is 48.2 Å². The Morgan fingerprint density at radius 1 is 0.926 bits per heavy atom. The van der Waals surface area contributed by atoms with Gasteiger partial charge in [-0.15, -0.1) is 0 Å². The van der Waals surface area contributed by atoms with E-state index in [4.69, 9.17) is 9.26 Å². The highest BCUT2D eigenvalue weighted by atomic mass is 19.1. The molecular weight excluding hydrogens is 343 g/mol. The molecule has 0 spiro atoms. The molecule has 27 heavy (non-hydrogen) atoms. The molecule has 0 aliphatic heterocycles. The van der Waals surface area contributed by atoms with Crippen LogP contribution < -0.4 is 4.74 Å². The van der Waals surface area contributed by atoms with Crippen LogP contribution in [0.3, 0.4) is 0 Å². The number of halogens is 1. The first-order valence-corrected chi connectivity index (χ1v) is 8.66. The lowest BCUT2D eigenvalue weighted by Crippen LogP contribution is -1.94. The van der Waals surface area contributed by atoms with E-state index in [-0.39, 0.29) is 5.82 Å². The first kappa shape index (κ1) is 17.0. The average Bonchev–Trinajstić information content (AvgIpc) is 3.15. The Bertz CT molecular complexity index is 1040. The van der Waals surface area contributed by atoms with Gasteiger partial charge in [-0.2, -0.15) is 0 Å². The summed E-state index contributed by atoms with van der Waals surface area (Å²) in [6, 6.07) is 17.7. The lowest BCUT2D eigenvalue weighted by atomic mass is 9.96. The normalized spacial score (nSPS) is 10.7. The van der Waals surface area contributed by atoms with E-state index in [1.807, 2.05) is 43.3 Å². The van der Waals surface area contributed by atoms with Gasteiger partial charge in [-0.25, -0.2) is 4.39 Å². The van der Waals surface area contributed by atoms with E-state index >= 15 is 0 Å². The van der Waals surface area contributed by atoms with Gasteiger partial charge in [0.25, 0.3) is 0 Å². The Morgan fingerprint density at radius 2 is 1.67 bits per heavy atom. The van der Waals surface area contributed by atoms with Crippen molar-refractivity contribution in [2.24, 2.45) is 0 Å². The molecule has 0 amide bonds. The van der Waals surface area contributed by atoms with Crippen molar-refractivity contribution in [2.45, 2.75) is 6.92 Å². The van der Waals surface area contributed by atoms with E-state index < -0.39 is 0 Å². The van der Waals surface area contributed by atoms with Crippen LogP contribution in [0.5, 0.6) is 5.75 Å². The SMILES string of the molecule is CCOc1ccccc1-c1onc(-c2ccncc2)c1-c1ccc(F)cc1. The Hall–Kier alpha value is -3.47. The third-order valence-corrected chi connectivity index (χ3v) is 4.21. The Balaban J connectivity index is 1.96. The maximum absolute atomic E-state index is 13.5. The highest BCUT2D eigenvalue weighted by molar-refractivity contribution is 5.91. The Morgan fingerprint density at radius 3 is 2.41 bits per heavy atom. The van der Waals surface area contributed by atoms with Crippen LogP contribution >= 0.6 is 0 Å². The van der Waals surface area contributed by atoms with Gasteiger partial charge < -0.3 is 9.26 Å². The van der Waals surface area contributed by atoms with Crippen LogP contribution in [-0.2, 0) is 0 Å². The van der Waals surface area contributed by atoms with Crippen LogP contribution in [0.15, 0.2) is 77.6 Å². The molecule has 2 aromatic heterocycles. The molecule has 0 aliphatic rings.